The number of rotatable bonds is 29. The first-order chi connectivity index (χ1) is 24.1. The van der Waals surface area contributed by atoms with Crippen LogP contribution < -0.4 is 0 Å². The maximum Gasteiger partial charge on any atom is 0.0848 e. The Hall–Kier alpha value is -2.48. The van der Waals surface area contributed by atoms with E-state index in [1.54, 1.807) is 0 Å². The molecular formula is C47H76N2. The van der Waals surface area contributed by atoms with Gasteiger partial charge in [0.15, 0.2) is 0 Å². The summed E-state index contributed by atoms with van der Waals surface area (Å²) in [5.74, 6) is 0. The number of hydrogen-bond donors (Lipinski definition) is 0. The van der Waals surface area contributed by atoms with Crippen LogP contribution in [0.15, 0.2) is 58.5 Å². The van der Waals surface area contributed by atoms with Crippen LogP contribution in [0, 0.1) is 0 Å². The molecule has 0 aliphatic rings. The van der Waals surface area contributed by atoms with E-state index in [0.29, 0.717) is 0 Å². The number of benzene rings is 2. The molecule has 0 unspecified atom stereocenters. The molecule has 0 amide bonds. The minimum Gasteiger partial charge on any atom is -0.251 e. The third-order valence-corrected chi connectivity index (χ3v) is 9.90. The fraction of sp³-hybridized carbons (Fsp3) is 0.660. The van der Waals surface area contributed by atoms with Gasteiger partial charge < -0.3 is 0 Å². The van der Waals surface area contributed by atoms with Gasteiger partial charge in [-0.1, -0.05) is 143 Å². The van der Waals surface area contributed by atoms with Crippen LogP contribution in [0.5, 0.6) is 0 Å². The van der Waals surface area contributed by atoms with Crippen molar-refractivity contribution in [2.75, 3.05) is 0 Å². The predicted octanol–water partition coefficient (Wildman–Crippen LogP) is 15.6. The standard InChI is InChI=1S/C47H76N2/c1-7-13-19-21-23-25-27-33-47(49-45-37-35-41(29-16-10-4)43(39-45)31-18-12-6)46(32-26-24-22-20-14-8-2)48-44-36-34-40(28-15-9-3)42(38-44)30-17-11-5/h27,33-39H,7-26,28-32H2,1-6H3. The maximum atomic E-state index is 5.48. The average Bonchev–Trinajstić information content (AvgIpc) is 3.12. The van der Waals surface area contributed by atoms with Crippen molar-refractivity contribution >= 4 is 22.8 Å². The zero-order chi connectivity index (χ0) is 35.4. The van der Waals surface area contributed by atoms with Gasteiger partial charge in [-0.2, -0.15) is 0 Å². The molecule has 0 saturated carbocycles. The van der Waals surface area contributed by atoms with E-state index in [9.17, 15) is 0 Å². The molecule has 2 rings (SSSR count). The summed E-state index contributed by atoms with van der Waals surface area (Å²) in [4.78, 5) is 10.9. The van der Waals surface area contributed by atoms with Crippen LogP contribution in [0.1, 0.15) is 199 Å². The molecule has 0 aliphatic heterocycles. The molecule has 0 radical (unpaired) electrons. The Morgan fingerprint density at radius 3 is 1.39 bits per heavy atom. The summed E-state index contributed by atoms with van der Waals surface area (Å²) in [5, 5.41) is 0. The van der Waals surface area contributed by atoms with E-state index >= 15 is 0 Å². The lowest BCUT2D eigenvalue weighted by atomic mass is 9.97. The second kappa shape index (κ2) is 28.2. The van der Waals surface area contributed by atoms with Crippen LogP contribution in [0.25, 0.3) is 0 Å². The topological polar surface area (TPSA) is 24.7 Å². The van der Waals surface area contributed by atoms with Crippen molar-refractivity contribution in [2.24, 2.45) is 9.98 Å². The molecule has 0 spiro atoms. The van der Waals surface area contributed by atoms with Crippen LogP contribution in [0.2, 0.25) is 0 Å². The quantitative estimate of drug-likeness (QED) is 0.0609. The van der Waals surface area contributed by atoms with E-state index in [-0.39, 0.29) is 0 Å². The molecule has 2 nitrogen and oxygen atoms in total. The molecule has 0 bridgehead atoms. The predicted molar refractivity (Wildman–Crippen MR) is 222 cm³/mol. The van der Waals surface area contributed by atoms with Gasteiger partial charge >= 0.3 is 0 Å². The molecule has 274 valence electrons. The largest absolute Gasteiger partial charge is 0.251 e. The lowest BCUT2D eigenvalue weighted by Gasteiger charge is -2.13. The lowest BCUT2D eigenvalue weighted by Crippen LogP contribution is -2.12. The number of allylic oxidation sites excluding steroid dienone is 2. The lowest BCUT2D eigenvalue weighted by molar-refractivity contribution is 0.616. The average molecular weight is 669 g/mol. The Bertz CT molecular complexity index is 1220. The van der Waals surface area contributed by atoms with Gasteiger partial charge in [-0.05, 0) is 130 Å². The molecule has 0 aromatic heterocycles. The normalized spacial score (nSPS) is 12.4. The Kier molecular flexibility index (Phi) is 24.6. The van der Waals surface area contributed by atoms with Crippen LogP contribution >= 0.6 is 0 Å². The first kappa shape index (κ1) is 42.7. The van der Waals surface area contributed by atoms with Crippen molar-refractivity contribution in [3.63, 3.8) is 0 Å². The van der Waals surface area contributed by atoms with Crippen LogP contribution in [0.3, 0.4) is 0 Å². The van der Waals surface area contributed by atoms with Gasteiger partial charge in [-0.15, -0.1) is 0 Å². The van der Waals surface area contributed by atoms with E-state index in [4.69, 9.17) is 9.98 Å². The van der Waals surface area contributed by atoms with Crippen LogP contribution in [0.4, 0.5) is 11.4 Å². The fourth-order valence-electron chi connectivity index (χ4n) is 6.65. The van der Waals surface area contributed by atoms with E-state index in [1.807, 2.05) is 0 Å². The van der Waals surface area contributed by atoms with Crippen molar-refractivity contribution in [1.29, 1.82) is 0 Å². The molecule has 0 atom stereocenters. The Balaban J connectivity index is 2.58. The summed E-state index contributed by atoms with van der Waals surface area (Å²) in [6, 6.07) is 14.1. The number of unbranched alkanes of at least 4 members (excludes halogenated alkanes) is 14. The van der Waals surface area contributed by atoms with Crippen molar-refractivity contribution in [2.45, 2.75) is 202 Å². The van der Waals surface area contributed by atoms with Gasteiger partial charge in [0.2, 0.25) is 0 Å². The summed E-state index contributed by atoms with van der Waals surface area (Å²) in [7, 11) is 0. The summed E-state index contributed by atoms with van der Waals surface area (Å²) >= 11 is 0. The Labute approximate surface area is 304 Å². The van der Waals surface area contributed by atoms with E-state index < -0.39 is 0 Å². The molecule has 0 saturated heterocycles. The van der Waals surface area contributed by atoms with Crippen molar-refractivity contribution in [1.82, 2.24) is 0 Å². The molecule has 0 aliphatic carbocycles. The molecule has 2 aromatic rings. The van der Waals surface area contributed by atoms with Gasteiger partial charge in [-0.3, -0.25) is 4.99 Å². The number of hydrogen-bond acceptors (Lipinski definition) is 2. The molecule has 0 fully saturated rings. The van der Waals surface area contributed by atoms with Crippen molar-refractivity contribution in [3.05, 3.63) is 70.8 Å². The second-order valence-electron chi connectivity index (χ2n) is 14.5. The highest BCUT2D eigenvalue weighted by atomic mass is 14.8. The van der Waals surface area contributed by atoms with Gasteiger partial charge in [0.25, 0.3) is 0 Å². The number of aliphatic imine (C=N–C) groups is 2. The third-order valence-electron chi connectivity index (χ3n) is 9.90. The zero-order valence-electron chi connectivity index (χ0n) is 33.2. The van der Waals surface area contributed by atoms with E-state index in [2.05, 4.69) is 90.1 Å². The molecule has 0 N–H and O–H groups in total. The summed E-state index contributed by atoms with van der Waals surface area (Å²) in [6.45, 7) is 13.8. The number of nitrogens with zero attached hydrogens (tertiary/aromatic N) is 2. The van der Waals surface area contributed by atoms with Crippen LogP contribution in [-0.2, 0) is 25.7 Å². The number of aryl methyl sites for hydroxylation is 4. The smallest absolute Gasteiger partial charge is 0.0848 e. The Morgan fingerprint density at radius 2 is 0.878 bits per heavy atom. The van der Waals surface area contributed by atoms with Crippen molar-refractivity contribution in [3.8, 4) is 0 Å². The van der Waals surface area contributed by atoms with Gasteiger partial charge in [-0.25, -0.2) is 4.99 Å². The molecular weight excluding hydrogens is 593 g/mol. The highest BCUT2D eigenvalue weighted by Gasteiger charge is 2.12. The van der Waals surface area contributed by atoms with Gasteiger partial charge in [0.1, 0.15) is 0 Å². The monoisotopic (exact) mass is 669 g/mol. The molecule has 0 heterocycles. The van der Waals surface area contributed by atoms with E-state index in [1.165, 1.54) is 157 Å². The fourth-order valence-corrected chi connectivity index (χ4v) is 6.65. The minimum absolute atomic E-state index is 0.977. The zero-order valence-corrected chi connectivity index (χ0v) is 33.2. The second-order valence-corrected chi connectivity index (χ2v) is 14.5. The summed E-state index contributed by atoms with van der Waals surface area (Å²) < 4.78 is 0. The molecule has 49 heavy (non-hydrogen) atoms. The van der Waals surface area contributed by atoms with Gasteiger partial charge in [0, 0.05) is 0 Å². The van der Waals surface area contributed by atoms with Crippen molar-refractivity contribution < 1.29 is 0 Å². The highest BCUT2D eigenvalue weighted by molar-refractivity contribution is 6.47. The first-order valence-corrected chi connectivity index (χ1v) is 21.2. The van der Waals surface area contributed by atoms with E-state index in [0.717, 1.165) is 48.5 Å². The molecule has 2 heteroatoms. The SMILES string of the molecule is CCCCCCCC=CC(=Nc1ccc(CCCC)c(CCCC)c1)C(CCCCCCCC)=Nc1ccc(CCCC)c(CCCC)c1. The van der Waals surface area contributed by atoms with Crippen LogP contribution in [-0.4, -0.2) is 11.4 Å². The first-order valence-electron chi connectivity index (χ1n) is 21.2. The minimum atomic E-state index is 0.977. The summed E-state index contributed by atoms with van der Waals surface area (Å²) in [6.07, 6.45) is 35.6. The summed E-state index contributed by atoms with van der Waals surface area (Å²) in [5.41, 5.74) is 10.4. The third kappa shape index (κ3) is 18.4. The Morgan fingerprint density at radius 1 is 0.449 bits per heavy atom. The molecule has 2 aromatic carbocycles. The highest BCUT2D eigenvalue weighted by Crippen LogP contribution is 2.26. The van der Waals surface area contributed by atoms with Gasteiger partial charge in [0.05, 0.1) is 22.8 Å². The maximum absolute atomic E-state index is 5.48.